The zero-order chi connectivity index (χ0) is 13.5. The second kappa shape index (κ2) is 6.86. The van der Waals surface area contributed by atoms with Gasteiger partial charge in [-0.2, -0.15) is 0 Å². The van der Waals surface area contributed by atoms with Gasteiger partial charge in [0.25, 0.3) is 0 Å². The van der Waals surface area contributed by atoms with E-state index in [4.69, 9.17) is 15.2 Å². The number of carbonyl (C=O) groups excluding carboxylic acids is 1. The highest BCUT2D eigenvalue weighted by atomic mass is 16.5. The van der Waals surface area contributed by atoms with Crippen LogP contribution in [-0.4, -0.2) is 26.7 Å². The van der Waals surface area contributed by atoms with Crippen LogP contribution in [0.3, 0.4) is 0 Å². The number of nitrogens with two attached hydrogens (primary N) is 1. The molecule has 0 aromatic heterocycles. The number of methoxy groups -OCH3 is 2. The van der Waals surface area contributed by atoms with Crippen LogP contribution in [0.15, 0.2) is 18.2 Å². The van der Waals surface area contributed by atoms with E-state index in [1.165, 1.54) is 0 Å². The summed E-state index contributed by atoms with van der Waals surface area (Å²) in [7, 11) is 3.12. The second-order valence-electron chi connectivity index (χ2n) is 4.04. The fourth-order valence-corrected chi connectivity index (χ4v) is 1.56. The average molecular weight is 252 g/mol. The van der Waals surface area contributed by atoms with Gasteiger partial charge in [-0.1, -0.05) is 6.92 Å². The van der Waals surface area contributed by atoms with E-state index in [0.29, 0.717) is 30.2 Å². The van der Waals surface area contributed by atoms with E-state index in [9.17, 15) is 4.79 Å². The van der Waals surface area contributed by atoms with Crippen molar-refractivity contribution in [3.8, 4) is 11.5 Å². The molecule has 5 heteroatoms. The van der Waals surface area contributed by atoms with Crippen LogP contribution >= 0.6 is 0 Å². The molecule has 1 aromatic carbocycles. The number of nitrogens with one attached hydrogen (secondary N) is 1. The molecule has 0 aliphatic rings. The number of amides is 1. The molecule has 0 saturated carbocycles. The third-order valence-electron chi connectivity index (χ3n) is 2.70. The van der Waals surface area contributed by atoms with Crippen molar-refractivity contribution in [2.24, 2.45) is 11.7 Å². The Morgan fingerprint density at radius 3 is 2.56 bits per heavy atom. The summed E-state index contributed by atoms with van der Waals surface area (Å²) in [6, 6.07) is 5.25. The number of rotatable bonds is 6. The molecule has 0 radical (unpaired) electrons. The molecule has 1 aromatic rings. The summed E-state index contributed by atoms with van der Waals surface area (Å²) in [5.41, 5.74) is 6.11. The van der Waals surface area contributed by atoms with E-state index in [1.807, 2.05) is 6.92 Å². The van der Waals surface area contributed by atoms with E-state index in [0.717, 1.165) is 0 Å². The fourth-order valence-electron chi connectivity index (χ4n) is 1.56. The lowest BCUT2D eigenvalue weighted by Crippen LogP contribution is -2.22. The van der Waals surface area contributed by atoms with Crippen LogP contribution in [0.2, 0.25) is 0 Å². The predicted octanol–water partition coefficient (Wildman–Crippen LogP) is 1.63. The van der Waals surface area contributed by atoms with E-state index < -0.39 is 0 Å². The first kappa shape index (κ1) is 14.3. The smallest absolute Gasteiger partial charge is 0.227 e. The molecule has 1 amide bonds. The molecule has 0 fully saturated rings. The van der Waals surface area contributed by atoms with Gasteiger partial charge in [0.1, 0.15) is 0 Å². The third-order valence-corrected chi connectivity index (χ3v) is 2.70. The molecule has 0 aliphatic heterocycles. The van der Waals surface area contributed by atoms with Crippen molar-refractivity contribution in [3.05, 3.63) is 18.2 Å². The number of carbonyl (C=O) groups is 1. The SMILES string of the molecule is COc1ccc(NC(=O)C(C)CCN)cc1OC. The van der Waals surface area contributed by atoms with E-state index >= 15 is 0 Å². The van der Waals surface area contributed by atoms with Crippen molar-refractivity contribution in [1.29, 1.82) is 0 Å². The molecule has 0 bridgehead atoms. The molecule has 3 N–H and O–H groups in total. The monoisotopic (exact) mass is 252 g/mol. The molecule has 5 nitrogen and oxygen atoms in total. The molecular weight excluding hydrogens is 232 g/mol. The quantitative estimate of drug-likeness (QED) is 0.807. The minimum absolute atomic E-state index is 0.0485. The molecule has 1 unspecified atom stereocenters. The Kier molecular flexibility index (Phi) is 5.45. The van der Waals surface area contributed by atoms with Crippen molar-refractivity contribution in [2.75, 3.05) is 26.1 Å². The summed E-state index contributed by atoms with van der Waals surface area (Å²) in [4.78, 5) is 11.8. The molecule has 1 rings (SSSR count). The largest absolute Gasteiger partial charge is 0.493 e. The normalized spacial score (nSPS) is 11.8. The maximum Gasteiger partial charge on any atom is 0.227 e. The number of ether oxygens (including phenoxy) is 2. The fraction of sp³-hybridized carbons (Fsp3) is 0.462. The third kappa shape index (κ3) is 3.63. The van der Waals surface area contributed by atoms with Crippen LogP contribution in [0.25, 0.3) is 0 Å². The zero-order valence-corrected chi connectivity index (χ0v) is 11.0. The minimum atomic E-state index is -0.108. The number of benzene rings is 1. The Morgan fingerprint density at radius 1 is 1.33 bits per heavy atom. The summed E-state index contributed by atoms with van der Waals surface area (Å²) in [5, 5.41) is 2.82. The van der Waals surface area contributed by atoms with Crippen LogP contribution in [0.4, 0.5) is 5.69 Å². The Morgan fingerprint density at radius 2 is 2.00 bits per heavy atom. The van der Waals surface area contributed by atoms with Crippen molar-refractivity contribution in [2.45, 2.75) is 13.3 Å². The Bertz CT molecular complexity index is 407. The number of anilines is 1. The molecular formula is C13H20N2O3. The number of hydrogen-bond donors (Lipinski definition) is 2. The van der Waals surface area contributed by atoms with Gasteiger partial charge in [0.2, 0.25) is 5.91 Å². The highest BCUT2D eigenvalue weighted by Gasteiger charge is 2.13. The highest BCUT2D eigenvalue weighted by molar-refractivity contribution is 5.92. The standard InChI is InChI=1S/C13H20N2O3/c1-9(6-7-14)13(16)15-10-4-5-11(17-2)12(8-10)18-3/h4-5,8-9H,6-7,14H2,1-3H3,(H,15,16). The Labute approximate surface area is 107 Å². The minimum Gasteiger partial charge on any atom is -0.493 e. The first-order valence-electron chi connectivity index (χ1n) is 5.85. The van der Waals surface area contributed by atoms with Crippen LogP contribution in [0.5, 0.6) is 11.5 Å². The van der Waals surface area contributed by atoms with Crippen molar-refractivity contribution < 1.29 is 14.3 Å². The second-order valence-corrected chi connectivity index (χ2v) is 4.04. The van der Waals surface area contributed by atoms with Gasteiger partial charge >= 0.3 is 0 Å². The van der Waals surface area contributed by atoms with E-state index in [-0.39, 0.29) is 11.8 Å². The first-order chi connectivity index (χ1) is 8.62. The van der Waals surface area contributed by atoms with Gasteiger partial charge in [0, 0.05) is 17.7 Å². The van der Waals surface area contributed by atoms with E-state index in [1.54, 1.807) is 32.4 Å². The van der Waals surface area contributed by atoms with Gasteiger partial charge in [-0.15, -0.1) is 0 Å². The molecule has 1 atom stereocenters. The summed E-state index contributed by atoms with van der Waals surface area (Å²) < 4.78 is 10.3. The lowest BCUT2D eigenvalue weighted by Gasteiger charge is -2.13. The topological polar surface area (TPSA) is 73.6 Å². The molecule has 0 saturated heterocycles. The van der Waals surface area contributed by atoms with Crippen molar-refractivity contribution in [1.82, 2.24) is 0 Å². The molecule has 18 heavy (non-hydrogen) atoms. The Hall–Kier alpha value is -1.75. The molecule has 0 aliphatic carbocycles. The van der Waals surface area contributed by atoms with Gasteiger partial charge in [0.15, 0.2) is 11.5 Å². The van der Waals surface area contributed by atoms with Gasteiger partial charge in [-0.25, -0.2) is 0 Å². The van der Waals surface area contributed by atoms with E-state index in [2.05, 4.69) is 5.32 Å². The lowest BCUT2D eigenvalue weighted by atomic mass is 10.1. The Balaban J connectivity index is 2.76. The van der Waals surface area contributed by atoms with Crippen molar-refractivity contribution >= 4 is 11.6 Å². The summed E-state index contributed by atoms with van der Waals surface area (Å²) in [5.74, 6) is 1.06. The van der Waals surface area contributed by atoms with Crippen LogP contribution in [-0.2, 0) is 4.79 Å². The maximum atomic E-state index is 11.8. The molecule has 0 spiro atoms. The van der Waals surface area contributed by atoms with Gasteiger partial charge in [0.05, 0.1) is 14.2 Å². The van der Waals surface area contributed by atoms with Crippen molar-refractivity contribution in [3.63, 3.8) is 0 Å². The maximum absolute atomic E-state index is 11.8. The zero-order valence-electron chi connectivity index (χ0n) is 11.0. The average Bonchev–Trinajstić information content (AvgIpc) is 2.38. The predicted molar refractivity (Wildman–Crippen MR) is 71.0 cm³/mol. The summed E-state index contributed by atoms with van der Waals surface area (Å²) in [6.45, 7) is 2.35. The number of hydrogen-bond acceptors (Lipinski definition) is 4. The first-order valence-corrected chi connectivity index (χ1v) is 5.85. The highest BCUT2D eigenvalue weighted by Crippen LogP contribution is 2.29. The van der Waals surface area contributed by atoms with Crippen LogP contribution in [0, 0.1) is 5.92 Å². The van der Waals surface area contributed by atoms with Gasteiger partial charge < -0.3 is 20.5 Å². The van der Waals surface area contributed by atoms with Crippen LogP contribution < -0.4 is 20.5 Å². The van der Waals surface area contributed by atoms with Gasteiger partial charge in [-0.05, 0) is 25.1 Å². The molecule has 100 valence electrons. The van der Waals surface area contributed by atoms with Gasteiger partial charge in [-0.3, -0.25) is 4.79 Å². The summed E-state index contributed by atoms with van der Waals surface area (Å²) >= 11 is 0. The molecule has 0 heterocycles. The summed E-state index contributed by atoms with van der Waals surface area (Å²) in [6.07, 6.45) is 0.666. The lowest BCUT2D eigenvalue weighted by molar-refractivity contribution is -0.119. The van der Waals surface area contributed by atoms with Crippen LogP contribution in [0.1, 0.15) is 13.3 Å².